The predicted molar refractivity (Wildman–Crippen MR) is 57.3 cm³/mol. The summed E-state index contributed by atoms with van der Waals surface area (Å²) in [5.74, 6) is -0.335. The number of ether oxygens (including phenoxy) is 1. The number of halogens is 4. The lowest BCUT2D eigenvalue weighted by molar-refractivity contribution is -0.138. The van der Waals surface area contributed by atoms with Crippen molar-refractivity contribution in [1.29, 1.82) is 0 Å². The molecule has 0 aromatic heterocycles. The minimum absolute atomic E-state index is 0.0578. The maximum Gasteiger partial charge on any atom is 0.419 e. The molecule has 0 aliphatic heterocycles. The first-order valence-electron chi connectivity index (χ1n) is 4.53. The molecule has 1 aromatic rings. The molecule has 1 aromatic carbocycles. The van der Waals surface area contributed by atoms with Gasteiger partial charge in [-0.05, 0) is 24.3 Å². The molecular formula is C11H8ClF3O2. The second-order valence-corrected chi connectivity index (χ2v) is 3.30. The number of carbonyl (C=O) groups is 1. The van der Waals surface area contributed by atoms with Crippen LogP contribution < -0.4 is 4.74 Å². The van der Waals surface area contributed by atoms with Crippen molar-refractivity contribution in [2.24, 2.45) is 0 Å². The lowest BCUT2D eigenvalue weighted by Crippen LogP contribution is -2.09. The Morgan fingerprint density at radius 1 is 1.35 bits per heavy atom. The van der Waals surface area contributed by atoms with Crippen LogP contribution in [0.5, 0.6) is 5.75 Å². The molecule has 0 aliphatic rings. The van der Waals surface area contributed by atoms with Crippen molar-refractivity contribution in [1.82, 2.24) is 0 Å². The van der Waals surface area contributed by atoms with E-state index in [4.69, 9.17) is 16.3 Å². The molecule has 2 nitrogen and oxygen atoms in total. The quantitative estimate of drug-likeness (QED) is 0.776. The van der Waals surface area contributed by atoms with E-state index in [1.54, 1.807) is 0 Å². The SMILES string of the molecule is O=Cc1ccc(OCC=CCl)c(C(F)(F)F)c1. The van der Waals surface area contributed by atoms with Crippen LogP contribution in [0.4, 0.5) is 13.2 Å². The monoisotopic (exact) mass is 264 g/mol. The minimum Gasteiger partial charge on any atom is -0.489 e. The Balaban J connectivity index is 3.06. The summed E-state index contributed by atoms with van der Waals surface area (Å²) < 4.78 is 42.8. The lowest BCUT2D eigenvalue weighted by atomic mass is 10.1. The van der Waals surface area contributed by atoms with Crippen molar-refractivity contribution in [3.8, 4) is 5.75 Å². The summed E-state index contributed by atoms with van der Waals surface area (Å²) in [6.07, 6.45) is -2.87. The highest BCUT2D eigenvalue weighted by Crippen LogP contribution is 2.36. The Morgan fingerprint density at radius 2 is 2.06 bits per heavy atom. The van der Waals surface area contributed by atoms with E-state index in [0.717, 1.165) is 17.7 Å². The molecule has 0 N–H and O–H groups in total. The van der Waals surface area contributed by atoms with Gasteiger partial charge in [-0.2, -0.15) is 13.2 Å². The van der Waals surface area contributed by atoms with E-state index in [-0.39, 0.29) is 17.9 Å². The first-order valence-corrected chi connectivity index (χ1v) is 4.97. The van der Waals surface area contributed by atoms with Gasteiger partial charge in [0.2, 0.25) is 0 Å². The van der Waals surface area contributed by atoms with Crippen LogP contribution in [0.1, 0.15) is 15.9 Å². The van der Waals surface area contributed by atoms with Gasteiger partial charge in [-0.25, -0.2) is 0 Å². The molecule has 0 amide bonds. The van der Waals surface area contributed by atoms with E-state index in [9.17, 15) is 18.0 Å². The molecule has 0 radical (unpaired) electrons. The third-order valence-electron chi connectivity index (χ3n) is 1.87. The maximum absolute atomic E-state index is 12.6. The highest BCUT2D eigenvalue weighted by atomic mass is 35.5. The fourth-order valence-electron chi connectivity index (χ4n) is 1.14. The van der Waals surface area contributed by atoms with Crippen LogP contribution in [0.2, 0.25) is 0 Å². The average molecular weight is 265 g/mol. The number of hydrogen-bond acceptors (Lipinski definition) is 2. The molecule has 1 rings (SSSR count). The van der Waals surface area contributed by atoms with Gasteiger partial charge in [0, 0.05) is 11.1 Å². The standard InChI is InChI=1S/C11H8ClF3O2/c12-4-1-5-17-10-3-2-8(7-16)6-9(10)11(13,14)15/h1-4,6-7H,5H2. The molecule has 0 saturated carbocycles. The summed E-state index contributed by atoms with van der Waals surface area (Å²) >= 11 is 5.22. The highest BCUT2D eigenvalue weighted by Gasteiger charge is 2.34. The minimum atomic E-state index is -4.57. The van der Waals surface area contributed by atoms with Crippen molar-refractivity contribution in [3.63, 3.8) is 0 Å². The molecule has 17 heavy (non-hydrogen) atoms. The Morgan fingerprint density at radius 3 is 2.59 bits per heavy atom. The van der Waals surface area contributed by atoms with Crippen molar-refractivity contribution in [2.75, 3.05) is 6.61 Å². The Hall–Kier alpha value is -1.49. The van der Waals surface area contributed by atoms with Gasteiger partial charge in [0.05, 0.1) is 5.56 Å². The van der Waals surface area contributed by atoms with Gasteiger partial charge in [0.1, 0.15) is 18.6 Å². The summed E-state index contributed by atoms with van der Waals surface area (Å²) in [7, 11) is 0. The molecule has 6 heteroatoms. The van der Waals surface area contributed by atoms with E-state index in [1.165, 1.54) is 12.1 Å². The van der Waals surface area contributed by atoms with Crippen LogP contribution in [0.3, 0.4) is 0 Å². The van der Waals surface area contributed by atoms with Crippen molar-refractivity contribution in [3.05, 3.63) is 40.9 Å². The van der Waals surface area contributed by atoms with E-state index < -0.39 is 11.7 Å². The zero-order valence-corrected chi connectivity index (χ0v) is 9.26. The summed E-state index contributed by atoms with van der Waals surface area (Å²) in [4.78, 5) is 10.4. The van der Waals surface area contributed by atoms with Crippen LogP contribution in [0, 0.1) is 0 Å². The van der Waals surface area contributed by atoms with Gasteiger partial charge in [0.25, 0.3) is 0 Å². The lowest BCUT2D eigenvalue weighted by Gasteiger charge is -2.13. The number of rotatable bonds is 4. The Bertz CT molecular complexity index is 427. The molecular weight excluding hydrogens is 257 g/mol. The molecule has 0 bridgehead atoms. The number of carbonyl (C=O) groups excluding carboxylic acids is 1. The van der Waals surface area contributed by atoms with E-state index >= 15 is 0 Å². The number of aldehydes is 1. The molecule has 0 saturated heterocycles. The summed E-state index contributed by atoms with van der Waals surface area (Å²) in [6, 6.07) is 3.10. The van der Waals surface area contributed by atoms with Crippen LogP contribution in [-0.4, -0.2) is 12.9 Å². The Labute approximate surface area is 101 Å². The third kappa shape index (κ3) is 3.78. The maximum atomic E-state index is 12.6. The summed E-state index contributed by atoms with van der Waals surface area (Å²) in [5, 5.41) is 0. The molecule has 0 atom stereocenters. The van der Waals surface area contributed by atoms with Crippen molar-refractivity contribution >= 4 is 17.9 Å². The second-order valence-electron chi connectivity index (χ2n) is 3.04. The molecule has 0 unspecified atom stereocenters. The summed E-state index contributed by atoms with van der Waals surface area (Å²) in [6.45, 7) is -0.0764. The van der Waals surface area contributed by atoms with Gasteiger partial charge >= 0.3 is 6.18 Å². The second kappa shape index (κ2) is 5.72. The molecule has 0 fully saturated rings. The zero-order chi connectivity index (χ0) is 12.9. The first kappa shape index (κ1) is 13.6. The van der Waals surface area contributed by atoms with Crippen LogP contribution in [-0.2, 0) is 6.18 Å². The smallest absolute Gasteiger partial charge is 0.419 e. The predicted octanol–water partition coefficient (Wildman–Crippen LogP) is 3.65. The molecule has 0 spiro atoms. The van der Waals surface area contributed by atoms with E-state index in [2.05, 4.69) is 0 Å². The Kier molecular flexibility index (Phi) is 4.57. The van der Waals surface area contributed by atoms with Gasteiger partial charge in [-0.15, -0.1) is 0 Å². The van der Waals surface area contributed by atoms with Gasteiger partial charge in [0.15, 0.2) is 0 Å². The average Bonchev–Trinajstić information content (AvgIpc) is 2.28. The zero-order valence-electron chi connectivity index (χ0n) is 8.50. The van der Waals surface area contributed by atoms with Crippen molar-refractivity contribution in [2.45, 2.75) is 6.18 Å². The fourth-order valence-corrected chi connectivity index (χ4v) is 1.22. The molecule has 0 heterocycles. The normalized spacial score (nSPS) is 11.8. The van der Waals surface area contributed by atoms with Crippen LogP contribution >= 0.6 is 11.6 Å². The molecule has 0 aliphatic carbocycles. The highest BCUT2D eigenvalue weighted by molar-refractivity contribution is 6.25. The van der Waals surface area contributed by atoms with Gasteiger partial charge < -0.3 is 4.74 Å². The van der Waals surface area contributed by atoms with Crippen LogP contribution in [0.15, 0.2) is 29.8 Å². The number of hydrogen-bond donors (Lipinski definition) is 0. The fraction of sp³-hybridized carbons (Fsp3) is 0.182. The molecule has 92 valence electrons. The third-order valence-corrected chi connectivity index (χ3v) is 2.05. The van der Waals surface area contributed by atoms with Crippen LogP contribution in [0.25, 0.3) is 0 Å². The number of alkyl halides is 3. The first-order chi connectivity index (χ1) is 7.99. The van der Waals surface area contributed by atoms with Crippen molar-refractivity contribution < 1.29 is 22.7 Å². The van der Waals surface area contributed by atoms with E-state index in [1.807, 2.05) is 0 Å². The van der Waals surface area contributed by atoms with Gasteiger partial charge in [-0.1, -0.05) is 11.6 Å². The largest absolute Gasteiger partial charge is 0.489 e. The van der Waals surface area contributed by atoms with E-state index in [0.29, 0.717) is 6.29 Å². The number of benzene rings is 1. The topological polar surface area (TPSA) is 26.3 Å². The summed E-state index contributed by atoms with van der Waals surface area (Å²) in [5.41, 5.74) is 0.107. The van der Waals surface area contributed by atoms with Gasteiger partial charge in [-0.3, -0.25) is 4.79 Å².